The van der Waals surface area contributed by atoms with E-state index < -0.39 is 5.97 Å². The van der Waals surface area contributed by atoms with Gasteiger partial charge in [0.25, 0.3) is 0 Å². The van der Waals surface area contributed by atoms with Gasteiger partial charge in [-0.1, -0.05) is 42.7 Å². The molecule has 1 aromatic carbocycles. The standard InChI is InChI=1S/C18H26O2/c1-4-14-5-6-17(18(19)20)16(10-14)11-15-8-12(2)7-13(3)9-15/h7-9,14,16-17H,4-6,10-11H2,1-3H3,(H,19,20). The quantitative estimate of drug-likeness (QED) is 0.885. The van der Waals surface area contributed by atoms with Gasteiger partial charge in [0.15, 0.2) is 0 Å². The largest absolute Gasteiger partial charge is 0.481 e. The summed E-state index contributed by atoms with van der Waals surface area (Å²) in [6, 6.07) is 6.59. The van der Waals surface area contributed by atoms with E-state index in [2.05, 4.69) is 39.0 Å². The lowest BCUT2D eigenvalue weighted by Gasteiger charge is -2.33. The van der Waals surface area contributed by atoms with Gasteiger partial charge < -0.3 is 5.11 Å². The molecular weight excluding hydrogens is 248 g/mol. The van der Waals surface area contributed by atoms with Gasteiger partial charge in [-0.05, 0) is 56.9 Å². The molecule has 3 atom stereocenters. The first kappa shape index (κ1) is 15.1. The Morgan fingerprint density at radius 3 is 2.40 bits per heavy atom. The number of benzene rings is 1. The van der Waals surface area contributed by atoms with Gasteiger partial charge >= 0.3 is 5.97 Å². The van der Waals surface area contributed by atoms with Crippen molar-refractivity contribution in [3.05, 3.63) is 34.9 Å². The van der Waals surface area contributed by atoms with Gasteiger partial charge in [-0.25, -0.2) is 0 Å². The number of hydrogen-bond donors (Lipinski definition) is 1. The zero-order chi connectivity index (χ0) is 14.7. The molecule has 1 aliphatic carbocycles. The SMILES string of the molecule is CCC1CCC(C(=O)O)C(Cc2cc(C)cc(C)c2)C1. The Morgan fingerprint density at radius 1 is 1.20 bits per heavy atom. The molecule has 1 N–H and O–H groups in total. The van der Waals surface area contributed by atoms with Crippen LogP contribution in [0.25, 0.3) is 0 Å². The van der Waals surface area contributed by atoms with Gasteiger partial charge in [-0.15, -0.1) is 0 Å². The molecule has 110 valence electrons. The van der Waals surface area contributed by atoms with Crippen LogP contribution in [0.5, 0.6) is 0 Å². The van der Waals surface area contributed by atoms with Crippen molar-refractivity contribution in [3.63, 3.8) is 0 Å². The molecule has 0 amide bonds. The topological polar surface area (TPSA) is 37.3 Å². The zero-order valence-corrected chi connectivity index (χ0v) is 12.9. The van der Waals surface area contributed by atoms with Crippen LogP contribution in [0.1, 0.15) is 49.3 Å². The normalized spacial score (nSPS) is 26.4. The Morgan fingerprint density at radius 2 is 1.85 bits per heavy atom. The second-order valence-electron chi connectivity index (χ2n) is 6.49. The number of rotatable bonds is 4. The lowest BCUT2D eigenvalue weighted by atomic mass is 9.71. The van der Waals surface area contributed by atoms with Crippen LogP contribution in [0.2, 0.25) is 0 Å². The Bertz CT molecular complexity index is 458. The molecule has 3 unspecified atom stereocenters. The summed E-state index contributed by atoms with van der Waals surface area (Å²) in [5, 5.41) is 9.45. The molecule has 2 nitrogen and oxygen atoms in total. The van der Waals surface area contributed by atoms with Crippen LogP contribution in [0.15, 0.2) is 18.2 Å². The van der Waals surface area contributed by atoms with Gasteiger partial charge in [-0.3, -0.25) is 4.79 Å². The maximum atomic E-state index is 11.5. The highest BCUT2D eigenvalue weighted by Gasteiger charge is 2.34. The first-order valence-electron chi connectivity index (χ1n) is 7.79. The fourth-order valence-corrected chi connectivity index (χ4v) is 3.77. The first-order chi connectivity index (χ1) is 9.49. The van der Waals surface area contributed by atoms with Crippen molar-refractivity contribution in [2.75, 3.05) is 0 Å². The molecule has 0 spiro atoms. The highest BCUT2D eigenvalue weighted by molar-refractivity contribution is 5.70. The summed E-state index contributed by atoms with van der Waals surface area (Å²) in [6.07, 6.45) is 5.09. The van der Waals surface area contributed by atoms with Crippen LogP contribution in [-0.4, -0.2) is 11.1 Å². The van der Waals surface area contributed by atoms with E-state index in [-0.39, 0.29) is 5.92 Å². The lowest BCUT2D eigenvalue weighted by Crippen LogP contribution is -2.32. The molecule has 1 aliphatic rings. The summed E-state index contributed by atoms with van der Waals surface area (Å²) in [5.41, 5.74) is 3.85. The van der Waals surface area contributed by atoms with E-state index in [0.29, 0.717) is 11.8 Å². The average Bonchev–Trinajstić information content (AvgIpc) is 2.37. The van der Waals surface area contributed by atoms with Gasteiger partial charge in [0.2, 0.25) is 0 Å². The van der Waals surface area contributed by atoms with E-state index in [1.807, 2.05) is 0 Å². The van der Waals surface area contributed by atoms with E-state index in [1.165, 1.54) is 23.1 Å². The molecular formula is C18H26O2. The van der Waals surface area contributed by atoms with Crippen molar-refractivity contribution < 1.29 is 9.90 Å². The fourth-order valence-electron chi connectivity index (χ4n) is 3.77. The van der Waals surface area contributed by atoms with Crippen molar-refractivity contribution in [2.45, 2.75) is 52.9 Å². The van der Waals surface area contributed by atoms with Gasteiger partial charge in [0.1, 0.15) is 0 Å². The Kier molecular flexibility index (Phi) is 4.85. The number of aliphatic carboxylic acids is 1. The van der Waals surface area contributed by atoms with Crippen molar-refractivity contribution >= 4 is 5.97 Å². The van der Waals surface area contributed by atoms with Crippen molar-refractivity contribution in [1.82, 2.24) is 0 Å². The third-order valence-corrected chi connectivity index (χ3v) is 4.76. The molecule has 2 heteroatoms. The number of carbonyl (C=O) groups is 1. The lowest BCUT2D eigenvalue weighted by molar-refractivity contribution is -0.145. The number of hydrogen-bond acceptors (Lipinski definition) is 1. The molecule has 0 bridgehead atoms. The summed E-state index contributed by atoms with van der Waals surface area (Å²) >= 11 is 0. The van der Waals surface area contributed by atoms with E-state index in [9.17, 15) is 9.90 Å². The van der Waals surface area contributed by atoms with Crippen LogP contribution in [0, 0.1) is 31.6 Å². The summed E-state index contributed by atoms with van der Waals surface area (Å²) in [5.74, 6) is 0.251. The Hall–Kier alpha value is -1.31. The fraction of sp³-hybridized carbons (Fsp3) is 0.611. The smallest absolute Gasteiger partial charge is 0.306 e. The van der Waals surface area contributed by atoms with Crippen LogP contribution in [-0.2, 0) is 11.2 Å². The van der Waals surface area contributed by atoms with Crippen LogP contribution in [0.3, 0.4) is 0 Å². The summed E-state index contributed by atoms with van der Waals surface area (Å²) in [7, 11) is 0. The minimum absolute atomic E-state index is 0.154. The summed E-state index contributed by atoms with van der Waals surface area (Å²) < 4.78 is 0. The van der Waals surface area contributed by atoms with Crippen LogP contribution in [0.4, 0.5) is 0 Å². The maximum Gasteiger partial charge on any atom is 0.306 e. The minimum atomic E-state index is -0.603. The van der Waals surface area contributed by atoms with Crippen LogP contribution >= 0.6 is 0 Å². The van der Waals surface area contributed by atoms with E-state index in [4.69, 9.17) is 0 Å². The molecule has 0 aromatic heterocycles. The van der Waals surface area contributed by atoms with Gasteiger partial charge in [-0.2, -0.15) is 0 Å². The monoisotopic (exact) mass is 274 g/mol. The molecule has 2 rings (SSSR count). The molecule has 20 heavy (non-hydrogen) atoms. The van der Waals surface area contributed by atoms with E-state index in [0.717, 1.165) is 25.7 Å². The van der Waals surface area contributed by atoms with Crippen molar-refractivity contribution in [3.8, 4) is 0 Å². The first-order valence-corrected chi connectivity index (χ1v) is 7.79. The third kappa shape index (κ3) is 3.62. The predicted octanol–water partition coefficient (Wildman–Crippen LogP) is 4.37. The second kappa shape index (κ2) is 6.43. The zero-order valence-electron chi connectivity index (χ0n) is 12.9. The van der Waals surface area contributed by atoms with Gasteiger partial charge in [0.05, 0.1) is 5.92 Å². The van der Waals surface area contributed by atoms with Crippen molar-refractivity contribution in [1.29, 1.82) is 0 Å². The van der Waals surface area contributed by atoms with E-state index >= 15 is 0 Å². The van der Waals surface area contributed by atoms with Gasteiger partial charge in [0, 0.05) is 0 Å². The number of carboxylic acids is 1. The Labute approximate surface area is 122 Å². The molecule has 0 heterocycles. The Balaban J connectivity index is 2.15. The van der Waals surface area contributed by atoms with Crippen LogP contribution < -0.4 is 0 Å². The molecule has 0 aliphatic heterocycles. The van der Waals surface area contributed by atoms with Crippen molar-refractivity contribution in [2.24, 2.45) is 17.8 Å². The molecule has 1 saturated carbocycles. The average molecular weight is 274 g/mol. The minimum Gasteiger partial charge on any atom is -0.481 e. The van der Waals surface area contributed by atoms with E-state index in [1.54, 1.807) is 0 Å². The molecule has 0 radical (unpaired) electrons. The summed E-state index contributed by atoms with van der Waals surface area (Å²) in [6.45, 7) is 6.45. The highest BCUT2D eigenvalue weighted by Crippen LogP contribution is 2.37. The maximum absolute atomic E-state index is 11.5. The number of aryl methyl sites for hydroxylation is 2. The number of carboxylic acid groups (broad SMARTS) is 1. The molecule has 1 fully saturated rings. The second-order valence-corrected chi connectivity index (χ2v) is 6.49. The summed E-state index contributed by atoms with van der Waals surface area (Å²) in [4.78, 5) is 11.5. The highest BCUT2D eigenvalue weighted by atomic mass is 16.4. The predicted molar refractivity (Wildman–Crippen MR) is 81.9 cm³/mol. The third-order valence-electron chi connectivity index (χ3n) is 4.76. The molecule has 0 saturated heterocycles. The molecule has 1 aromatic rings.